The monoisotopic (exact) mass is 382 g/mol. The molecule has 1 amide bonds. The van der Waals surface area contributed by atoms with Crippen molar-refractivity contribution in [3.05, 3.63) is 28.2 Å². The largest absolute Gasteiger partial charge is 0.466 e. The smallest absolute Gasteiger partial charge is 0.309 e. The topological polar surface area (TPSA) is 58.6 Å². The van der Waals surface area contributed by atoms with Gasteiger partial charge < -0.3 is 15.0 Å². The Hall–Kier alpha value is -1.56. The van der Waals surface area contributed by atoms with E-state index in [1.807, 2.05) is 36.9 Å². The zero-order valence-electron chi connectivity index (χ0n) is 13.6. The first kappa shape index (κ1) is 17.8. The normalized spacial score (nSPS) is 15.3. The SMILES string of the molecule is CCOC(=O)C1CCN(C(=O)CNc2ccc(Br)cc2C)CC1. The summed E-state index contributed by atoms with van der Waals surface area (Å²) in [4.78, 5) is 25.8. The maximum absolute atomic E-state index is 12.3. The molecule has 0 spiro atoms. The number of likely N-dealkylation sites (tertiary alicyclic amines) is 1. The predicted octanol–water partition coefficient (Wildman–Crippen LogP) is 2.97. The lowest BCUT2D eigenvalue weighted by Gasteiger charge is -2.31. The van der Waals surface area contributed by atoms with Crippen molar-refractivity contribution in [2.45, 2.75) is 26.7 Å². The number of hydrogen-bond donors (Lipinski definition) is 1. The number of carbonyl (C=O) groups is 2. The summed E-state index contributed by atoms with van der Waals surface area (Å²) in [5.41, 5.74) is 2.05. The van der Waals surface area contributed by atoms with Gasteiger partial charge in [0.05, 0.1) is 19.1 Å². The third-order valence-corrected chi connectivity index (χ3v) is 4.58. The molecule has 0 atom stereocenters. The van der Waals surface area contributed by atoms with Crippen LogP contribution in [0.5, 0.6) is 0 Å². The summed E-state index contributed by atoms with van der Waals surface area (Å²) in [5, 5.41) is 3.19. The number of halogens is 1. The maximum atomic E-state index is 12.3. The molecule has 1 saturated heterocycles. The Morgan fingerprint density at radius 3 is 2.65 bits per heavy atom. The molecule has 6 heteroatoms. The van der Waals surface area contributed by atoms with Crippen LogP contribution in [0, 0.1) is 12.8 Å². The summed E-state index contributed by atoms with van der Waals surface area (Å²) in [7, 11) is 0. The molecule has 0 aromatic heterocycles. The van der Waals surface area contributed by atoms with E-state index in [9.17, 15) is 9.59 Å². The van der Waals surface area contributed by atoms with E-state index < -0.39 is 0 Å². The van der Waals surface area contributed by atoms with Crippen LogP contribution in [0.15, 0.2) is 22.7 Å². The molecule has 1 aliphatic heterocycles. The first-order valence-electron chi connectivity index (χ1n) is 7.95. The molecule has 0 unspecified atom stereocenters. The summed E-state index contributed by atoms with van der Waals surface area (Å²) >= 11 is 3.43. The summed E-state index contributed by atoms with van der Waals surface area (Å²) < 4.78 is 6.07. The van der Waals surface area contributed by atoms with Crippen LogP contribution in [0.2, 0.25) is 0 Å². The van der Waals surface area contributed by atoms with Gasteiger partial charge >= 0.3 is 5.97 Å². The lowest BCUT2D eigenvalue weighted by Crippen LogP contribution is -2.43. The van der Waals surface area contributed by atoms with E-state index >= 15 is 0 Å². The van der Waals surface area contributed by atoms with Gasteiger partial charge in [0.25, 0.3) is 0 Å². The molecule has 1 fully saturated rings. The van der Waals surface area contributed by atoms with Gasteiger partial charge in [0.2, 0.25) is 5.91 Å². The minimum absolute atomic E-state index is 0.0645. The summed E-state index contributed by atoms with van der Waals surface area (Å²) in [6, 6.07) is 5.92. The molecule has 2 rings (SSSR count). The molecule has 23 heavy (non-hydrogen) atoms. The average molecular weight is 383 g/mol. The molecular weight excluding hydrogens is 360 g/mol. The van der Waals surface area contributed by atoms with Gasteiger partial charge in [0.1, 0.15) is 0 Å². The third-order valence-electron chi connectivity index (χ3n) is 4.09. The molecule has 0 aliphatic carbocycles. The van der Waals surface area contributed by atoms with Gasteiger partial charge in [-0.15, -0.1) is 0 Å². The van der Waals surface area contributed by atoms with Crippen LogP contribution >= 0.6 is 15.9 Å². The van der Waals surface area contributed by atoms with Gasteiger partial charge in [0.15, 0.2) is 0 Å². The zero-order chi connectivity index (χ0) is 16.8. The number of rotatable bonds is 5. The number of hydrogen-bond acceptors (Lipinski definition) is 4. The molecule has 1 heterocycles. The van der Waals surface area contributed by atoms with Gasteiger partial charge in [-0.1, -0.05) is 15.9 Å². The zero-order valence-corrected chi connectivity index (χ0v) is 15.2. The lowest BCUT2D eigenvalue weighted by molar-refractivity contribution is -0.151. The minimum Gasteiger partial charge on any atom is -0.466 e. The Kier molecular flexibility index (Phi) is 6.45. The van der Waals surface area contributed by atoms with E-state index in [0.29, 0.717) is 32.5 Å². The molecular formula is C17H23BrN2O3. The molecule has 0 bridgehead atoms. The van der Waals surface area contributed by atoms with E-state index in [1.165, 1.54) is 0 Å². The van der Waals surface area contributed by atoms with Gasteiger partial charge in [0, 0.05) is 23.2 Å². The van der Waals surface area contributed by atoms with Crippen molar-refractivity contribution in [3.63, 3.8) is 0 Å². The fourth-order valence-electron chi connectivity index (χ4n) is 2.73. The average Bonchev–Trinajstić information content (AvgIpc) is 2.54. The number of nitrogens with zero attached hydrogens (tertiary/aromatic N) is 1. The van der Waals surface area contributed by atoms with Gasteiger partial charge in [-0.2, -0.15) is 0 Å². The maximum Gasteiger partial charge on any atom is 0.309 e. The Balaban J connectivity index is 1.80. The molecule has 1 aromatic carbocycles. The Bertz CT molecular complexity index is 569. The molecule has 0 saturated carbocycles. The van der Waals surface area contributed by atoms with Crippen LogP contribution in [-0.4, -0.2) is 43.0 Å². The number of nitrogens with one attached hydrogen (secondary N) is 1. The number of piperidine rings is 1. The highest BCUT2D eigenvalue weighted by molar-refractivity contribution is 9.10. The number of aryl methyl sites for hydroxylation is 1. The fourth-order valence-corrected chi connectivity index (χ4v) is 3.21. The number of esters is 1. The number of benzene rings is 1. The second-order valence-electron chi connectivity index (χ2n) is 5.72. The first-order chi connectivity index (χ1) is 11.0. The summed E-state index contributed by atoms with van der Waals surface area (Å²) in [5.74, 6) is -0.140. The highest BCUT2D eigenvalue weighted by atomic mass is 79.9. The second-order valence-corrected chi connectivity index (χ2v) is 6.64. The summed E-state index contributed by atoms with van der Waals surface area (Å²) in [6.45, 7) is 5.72. The van der Waals surface area contributed by atoms with Crippen molar-refractivity contribution in [1.29, 1.82) is 0 Å². The molecule has 5 nitrogen and oxygen atoms in total. The van der Waals surface area contributed by atoms with E-state index in [1.54, 1.807) is 0 Å². The van der Waals surface area contributed by atoms with Crippen molar-refractivity contribution in [2.75, 3.05) is 31.6 Å². The number of ether oxygens (including phenoxy) is 1. The quantitative estimate of drug-likeness (QED) is 0.795. The first-order valence-corrected chi connectivity index (χ1v) is 8.75. The van der Waals surface area contributed by atoms with Crippen LogP contribution in [0.3, 0.4) is 0 Å². The number of carbonyl (C=O) groups excluding carboxylic acids is 2. The third kappa shape index (κ3) is 4.96. The van der Waals surface area contributed by atoms with Crippen molar-refractivity contribution >= 4 is 33.5 Å². The Labute approximate surface area is 145 Å². The Morgan fingerprint density at radius 1 is 1.35 bits per heavy atom. The summed E-state index contributed by atoms with van der Waals surface area (Å²) in [6.07, 6.45) is 1.36. The fraction of sp³-hybridized carbons (Fsp3) is 0.529. The van der Waals surface area contributed by atoms with Crippen LogP contribution in [0.25, 0.3) is 0 Å². The molecule has 1 aromatic rings. The van der Waals surface area contributed by atoms with Crippen molar-refractivity contribution in [1.82, 2.24) is 4.90 Å². The van der Waals surface area contributed by atoms with Crippen molar-refractivity contribution in [2.24, 2.45) is 5.92 Å². The van der Waals surface area contributed by atoms with E-state index in [-0.39, 0.29) is 24.3 Å². The lowest BCUT2D eigenvalue weighted by atomic mass is 9.97. The Morgan fingerprint density at radius 2 is 2.04 bits per heavy atom. The van der Waals surface area contributed by atoms with E-state index in [4.69, 9.17) is 4.74 Å². The highest BCUT2D eigenvalue weighted by Gasteiger charge is 2.27. The van der Waals surface area contributed by atoms with Crippen molar-refractivity contribution in [3.8, 4) is 0 Å². The number of amides is 1. The van der Waals surface area contributed by atoms with Crippen molar-refractivity contribution < 1.29 is 14.3 Å². The van der Waals surface area contributed by atoms with Crippen LogP contribution in [0.4, 0.5) is 5.69 Å². The van der Waals surface area contributed by atoms with Crippen LogP contribution in [-0.2, 0) is 14.3 Å². The van der Waals surface area contributed by atoms with Gasteiger partial charge in [-0.25, -0.2) is 0 Å². The second kappa shape index (κ2) is 8.34. The van der Waals surface area contributed by atoms with Gasteiger partial charge in [-0.05, 0) is 50.5 Å². The number of anilines is 1. The highest BCUT2D eigenvalue weighted by Crippen LogP contribution is 2.21. The van der Waals surface area contributed by atoms with Crippen LogP contribution < -0.4 is 5.32 Å². The molecule has 126 valence electrons. The van der Waals surface area contributed by atoms with Gasteiger partial charge in [-0.3, -0.25) is 9.59 Å². The van der Waals surface area contributed by atoms with E-state index in [0.717, 1.165) is 15.7 Å². The van der Waals surface area contributed by atoms with E-state index in [2.05, 4.69) is 21.2 Å². The minimum atomic E-state index is -0.136. The standard InChI is InChI=1S/C17H23BrN2O3/c1-3-23-17(22)13-6-8-20(9-7-13)16(21)11-19-15-5-4-14(18)10-12(15)2/h4-5,10,13,19H,3,6-9,11H2,1-2H3. The molecule has 0 radical (unpaired) electrons. The van der Waals surface area contributed by atoms with Crippen LogP contribution in [0.1, 0.15) is 25.3 Å². The predicted molar refractivity (Wildman–Crippen MR) is 93.3 cm³/mol. The molecule has 1 N–H and O–H groups in total. The molecule has 1 aliphatic rings.